The van der Waals surface area contributed by atoms with Crippen LogP contribution in [0.4, 0.5) is 4.39 Å². The number of carbonyl (C=O) groups is 1. The molecule has 1 heterocycles. The van der Waals surface area contributed by atoms with Gasteiger partial charge in [-0.3, -0.25) is 9.59 Å². The largest absolute Gasteiger partial charge is 0.348 e. The van der Waals surface area contributed by atoms with Gasteiger partial charge in [0.2, 0.25) is 0 Å². The van der Waals surface area contributed by atoms with Crippen molar-refractivity contribution in [1.82, 2.24) is 15.1 Å². The zero-order valence-electron chi connectivity index (χ0n) is 16.7. The molecule has 0 fully saturated rings. The fourth-order valence-electron chi connectivity index (χ4n) is 2.94. The first-order valence-electron chi connectivity index (χ1n) is 9.65. The van der Waals surface area contributed by atoms with E-state index in [0.717, 1.165) is 4.90 Å². The van der Waals surface area contributed by atoms with Gasteiger partial charge in [-0.05, 0) is 72.3 Å². The minimum absolute atomic E-state index is 0.212. The van der Waals surface area contributed by atoms with Crippen molar-refractivity contribution in [3.63, 3.8) is 0 Å². The number of hydrogen-bond acceptors (Lipinski definition) is 4. The molecule has 1 amide bonds. The van der Waals surface area contributed by atoms with Crippen LogP contribution in [0.15, 0.2) is 99.6 Å². The summed E-state index contributed by atoms with van der Waals surface area (Å²) in [6.45, 7) is 0.212. The third-order valence-electron chi connectivity index (χ3n) is 4.53. The maximum atomic E-state index is 13.3. The topological polar surface area (TPSA) is 64.0 Å². The van der Waals surface area contributed by atoms with Gasteiger partial charge in [-0.15, -0.1) is 0 Å². The lowest BCUT2D eigenvalue weighted by molar-refractivity contribution is 0.0951. The first kappa shape index (κ1) is 21.8. The molecular weight excluding hydrogens is 449 g/mol. The van der Waals surface area contributed by atoms with Crippen molar-refractivity contribution in [1.29, 1.82) is 0 Å². The van der Waals surface area contributed by atoms with Gasteiger partial charge < -0.3 is 5.32 Å². The zero-order valence-corrected chi connectivity index (χ0v) is 18.2. The number of nitrogens with one attached hydrogen (secondary N) is 1. The Morgan fingerprint density at radius 3 is 2.47 bits per heavy atom. The molecule has 0 aliphatic rings. The Labute approximate surface area is 192 Å². The van der Waals surface area contributed by atoms with Crippen molar-refractivity contribution in [3.05, 3.63) is 117 Å². The molecule has 32 heavy (non-hydrogen) atoms. The number of halogens is 2. The van der Waals surface area contributed by atoms with E-state index in [9.17, 15) is 14.0 Å². The smallest absolute Gasteiger partial charge is 0.271 e. The maximum Gasteiger partial charge on any atom is 0.271 e. The van der Waals surface area contributed by atoms with Gasteiger partial charge >= 0.3 is 0 Å². The first-order chi connectivity index (χ1) is 15.5. The minimum Gasteiger partial charge on any atom is -0.348 e. The second kappa shape index (κ2) is 9.80. The van der Waals surface area contributed by atoms with Crippen molar-refractivity contribution in [2.75, 3.05) is 0 Å². The predicted molar refractivity (Wildman–Crippen MR) is 123 cm³/mol. The van der Waals surface area contributed by atoms with Crippen LogP contribution in [0.2, 0.25) is 5.02 Å². The van der Waals surface area contributed by atoms with Crippen LogP contribution >= 0.6 is 23.4 Å². The highest BCUT2D eigenvalue weighted by Gasteiger charge is 2.09. The molecule has 160 valence electrons. The number of aromatic nitrogens is 2. The fraction of sp³-hybridized carbons (Fsp3) is 0.0417. The van der Waals surface area contributed by atoms with Crippen molar-refractivity contribution < 1.29 is 9.18 Å². The minimum atomic E-state index is -0.351. The van der Waals surface area contributed by atoms with E-state index in [-0.39, 0.29) is 23.8 Å². The van der Waals surface area contributed by atoms with Crippen molar-refractivity contribution in [2.45, 2.75) is 16.5 Å². The Morgan fingerprint density at radius 1 is 1.00 bits per heavy atom. The number of hydrogen-bond donors (Lipinski definition) is 1. The number of rotatable bonds is 6. The quantitative estimate of drug-likeness (QED) is 0.430. The molecule has 3 aromatic carbocycles. The van der Waals surface area contributed by atoms with Crippen LogP contribution < -0.4 is 10.9 Å². The standard InChI is InChI=1S/C24H17ClFN3O2S/c25-18-6-10-21(11-7-18)32-22-12-13-23(30)29(28-22)20-8-4-17(5-9-20)24(31)27-15-16-2-1-3-19(26)14-16/h1-14H,15H2,(H,27,31). The molecule has 0 unspecified atom stereocenters. The zero-order chi connectivity index (χ0) is 22.5. The highest BCUT2D eigenvalue weighted by molar-refractivity contribution is 7.99. The third-order valence-corrected chi connectivity index (χ3v) is 5.71. The maximum absolute atomic E-state index is 13.3. The van der Waals surface area contributed by atoms with Gasteiger partial charge in [0.05, 0.1) is 5.69 Å². The summed E-state index contributed by atoms with van der Waals surface area (Å²) in [5.74, 6) is -0.649. The molecule has 4 rings (SSSR count). The van der Waals surface area contributed by atoms with Crippen LogP contribution in [0, 0.1) is 5.82 Å². The monoisotopic (exact) mass is 465 g/mol. The van der Waals surface area contributed by atoms with Crippen LogP contribution in [0.3, 0.4) is 0 Å². The first-order valence-corrected chi connectivity index (χ1v) is 10.8. The summed E-state index contributed by atoms with van der Waals surface area (Å²) >= 11 is 7.33. The molecule has 1 N–H and O–H groups in total. The summed E-state index contributed by atoms with van der Waals surface area (Å²) < 4.78 is 14.6. The van der Waals surface area contributed by atoms with Gasteiger partial charge in [-0.25, -0.2) is 4.39 Å². The van der Waals surface area contributed by atoms with Gasteiger partial charge in [0.1, 0.15) is 10.8 Å². The van der Waals surface area contributed by atoms with E-state index >= 15 is 0 Å². The Morgan fingerprint density at radius 2 is 1.75 bits per heavy atom. The number of amides is 1. The van der Waals surface area contributed by atoms with Crippen LogP contribution in [-0.4, -0.2) is 15.7 Å². The van der Waals surface area contributed by atoms with E-state index in [0.29, 0.717) is 26.9 Å². The second-order valence-electron chi connectivity index (χ2n) is 6.84. The molecule has 0 atom stereocenters. The molecule has 1 aromatic heterocycles. The average Bonchev–Trinajstić information content (AvgIpc) is 2.80. The van der Waals surface area contributed by atoms with E-state index in [4.69, 9.17) is 11.6 Å². The molecule has 8 heteroatoms. The Hall–Kier alpha value is -3.42. The molecule has 4 aromatic rings. The van der Waals surface area contributed by atoms with Crippen LogP contribution in [0.25, 0.3) is 5.69 Å². The van der Waals surface area contributed by atoms with E-state index in [1.807, 2.05) is 12.1 Å². The number of nitrogens with zero attached hydrogens (tertiary/aromatic N) is 2. The molecule has 0 radical (unpaired) electrons. The second-order valence-corrected chi connectivity index (χ2v) is 8.37. The summed E-state index contributed by atoms with van der Waals surface area (Å²) in [6.07, 6.45) is 0. The van der Waals surface area contributed by atoms with Gasteiger partial charge in [-0.2, -0.15) is 9.78 Å². The van der Waals surface area contributed by atoms with E-state index in [1.54, 1.807) is 54.6 Å². The fourth-order valence-corrected chi connectivity index (χ4v) is 3.84. The van der Waals surface area contributed by atoms with Crippen molar-refractivity contribution in [2.24, 2.45) is 0 Å². The Balaban J connectivity index is 1.47. The molecule has 0 bridgehead atoms. The highest BCUT2D eigenvalue weighted by Crippen LogP contribution is 2.26. The number of carbonyl (C=O) groups excluding carboxylic acids is 1. The lowest BCUT2D eigenvalue weighted by Crippen LogP contribution is -2.23. The van der Waals surface area contributed by atoms with Gasteiger partial charge in [0, 0.05) is 28.1 Å². The molecule has 0 spiro atoms. The summed E-state index contributed by atoms with van der Waals surface area (Å²) in [5.41, 5.74) is 1.34. The molecule has 0 saturated heterocycles. The van der Waals surface area contributed by atoms with Crippen LogP contribution in [0.5, 0.6) is 0 Å². The van der Waals surface area contributed by atoms with Gasteiger partial charge in [-0.1, -0.05) is 35.5 Å². The molecular formula is C24H17ClFN3O2S. The third kappa shape index (κ3) is 5.43. The lowest BCUT2D eigenvalue weighted by atomic mass is 10.1. The Kier molecular flexibility index (Phi) is 6.68. The normalized spacial score (nSPS) is 10.7. The Bertz CT molecular complexity index is 1310. The van der Waals surface area contributed by atoms with Crippen molar-refractivity contribution >= 4 is 29.3 Å². The van der Waals surface area contributed by atoms with E-state index in [2.05, 4.69) is 10.4 Å². The van der Waals surface area contributed by atoms with E-state index < -0.39 is 0 Å². The SMILES string of the molecule is O=C(NCc1cccc(F)c1)c1ccc(-n2nc(Sc3ccc(Cl)cc3)ccc2=O)cc1. The summed E-state index contributed by atoms with van der Waals surface area (Å²) in [4.78, 5) is 25.7. The summed E-state index contributed by atoms with van der Waals surface area (Å²) in [5, 5.41) is 8.46. The molecule has 5 nitrogen and oxygen atoms in total. The number of benzene rings is 3. The average molecular weight is 466 g/mol. The van der Waals surface area contributed by atoms with Gasteiger partial charge in [0.15, 0.2) is 0 Å². The molecule has 0 aliphatic heterocycles. The molecule has 0 aliphatic carbocycles. The van der Waals surface area contributed by atoms with Crippen LogP contribution in [0.1, 0.15) is 15.9 Å². The molecule has 0 saturated carbocycles. The highest BCUT2D eigenvalue weighted by atomic mass is 35.5. The van der Waals surface area contributed by atoms with E-state index in [1.165, 1.54) is 34.6 Å². The lowest BCUT2D eigenvalue weighted by Gasteiger charge is -2.09. The van der Waals surface area contributed by atoms with Crippen LogP contribution in [-0.2, 0) is 6.54 Å². The summed E-state index contributed by atoms with van der Waals surface area (Å²) in [6, 6.07) is 23.0. The van der Waals surface area contributed by atoms with Crippen molar-refractivity contribution in [3.8, 4) is 5.69 Å². The van der Waals surface area contributed by atoms with Gasteiger partial charge in [0.25, 0.3) is 11.5 Å². The predicted octanol–water partition coefficient (Wildman–Crippen LogP) is 5.11. The summed E-state index contributed by atoms with van der Waals surface area (Å²) in [7, 11) is 0.